The lowest BCUT2D eigenvalue weighted by molar-refractivity contribution is 0.0349. The molecule has 5 nitrogen and oxygen atoms in total. The molecule has 0 spiro atoms. The van der Waals surface area contributed by atoms with Gasteiger partial charge in [0.2, 0.25) is 10.0 Å². The fraction of sp³-hybridized carbons (Fsp3) is 1.00. The molecule has 0 amide bonds. The molecular weight excluding hydrogens is 204 g/mol. The molecule has 1 atom stereocenters. The van der Waals surface area contributed by atoms with Crippen LogP contribution in [0.2, 0.25) is 0 Å². The van der Waals surface area contributed by atoms with Crippen LogP contribution >= 0.6 is 0 Å². The summed E-state index contributed by atoms with van der Waals surface area (Å²) < 4.78 is 30.2. The number of sulfonamides is 1. The van der Waals surface area contributed by atoms with Crippen molar-refractivity contribution in [1.29, 1.82) is 0 Å². The molecule has 1 saturated heterocycles. The first-order valence-corrected chi connectivity index (χ1v) is 6.53. The average molecular weight is 220 g/mol. The maximum absolute atomic E-state index is 11.8. The van der Waals surface area contributed by atoms with Crippen LogP contribution in [0.25, 0.3) is 0 Å². The first kappa shape index (κ1) is 10.4. The fourth-order valence-corrected chi connectivity index (χ4v) is 3.58. The minimum Gasteiger partial charge on any atom is -0.377 e. The molecule has 2 rings (SSSR count). The minimum absolute atomic E-state index is 0.265. The van der Waals surface area contributed by atoms with Crippen molar-refractivity contribution in [2.75, 3.05) is 25.5 Å². The zero-order valence-corrected chi connectivity index (χ0v) is 8.87. The number of nitrogens with two attached hydrogens (primary N) is 1. The molecule has 0 bridgehead atoms. The van der Waals surface area contributed by atoms with Crippen molar-refractivity contribution in [3.63, 3.8) is 0 Å². The minimum atomic E-state index is -3.14. The third-order valence-corrected chi connectivity index (χ3v) is 4.68. The summed E-state index contributed by atoms with van der Waals surface area (Å²) in [6.07, 6.45) is 1.59. The number of morpholine rings is 1. The maximum Gasteiger partial charge on any atom is 0.215 e. The van der Waals surface area contributed by atoms with Crippen LogP contribution in [0.3, 0.4) is 0 Å². The van der Waals surface area contributed by atoms with Gasteiger partial charge < -0.3 is 10.5 Å². The summed E-state index contributed by atoms with van der Waals surface area (Å²) in [5.74, 6) is 0.635. The number of hydrogen-bond acceptors (Lipinski definition) is 4. The van der Waals surface area contributed by atoms with Gasteiger partial charge in [-0.05, 0) is 18.8 Å². The second-order valence-corrected chi connectivity index (χ2v) is 5.94. The summed E-state index contributed by atoms with van der Waals surface area (Å²) in [7, 11) is -3.14. The summed E-state index contributed by atoms with van der Waals surface area (Å²) >= 11 is 0. The van der Waals surface area contributed by atoms with Crippen molar-refractivity contribution in [3.8, 4) is 0 Å². The Morgan fingerprint density at radius 2 is 2.14 bits per heavy atom. The third-order valence-electron chi connectivity index (χ3n) is 2.62. The van der Waals surface area contributed by atoms with Gasteiger partial charge in [0, 0.05) is 6.54 Å². The van der Waals surface area contributed by atoms with Crippen LogP contribution in [0, 0.1) is 5.92 Å². The Morgan fingerprint density at radius 3 is 2.71 bits per heavy atom. The first-order chi connectivity index (χ1) is 6.59. The monoisotopic (exact) mass is 220 g/mol. The van der Waals surface area contributed by atoms with Gasteiger partial charge in [-0.25, -0.2) is 8.42 Å². The normalized spacial score (nSPS) is 30.5. The highest BCUT2D eigenvalue weighted by atomic mass is 32.2. The van der Waals surface area contributed by atoms with E-state index in [9.17, 15) is 8.42 Å². The van der Waals surface area contributed by atoms with E-state index in [1.807, 2.05) is 0 Å². The zero-order chi connectivity index (χ0) is 10.2. The molecule has 2 fully saturated rings. The number of nitrogens with zero attached hydrogens (tertiary/aromatic N) is 1. The van der Waals surface area contributed by atoms with Crippen molar-refractivity contribution in [2.45, 2.75) is 19.0 Å². The van der Waals surface area contributed by atoms with Gasteiger partial charge in [-0.3, -0.25) is 0 Å². The molecule has 82 valence electrons. The lowest BCUT2D eigenvalue weighted by Gasteiger charge is -2.31. The SMILES string of the molecule is NC1COCCN1S(=O)(=O)CC1CC1. The van der Waals surface area contributed by atoms with Crippen LogP contribution < -0.4 is 5.73 Å². The van der Waals surface area contributed by atoms with E-state index in [0.717, 1.165) is 12.8 Å². The smallest absolute Gasteiger partial charge is 0.215 e. The lowest BCUT2D eigenvalue weighted by Crippen LogP contribution is -2.54. The van der Waals surface area contributed by atoms with Gasteiger partial charge in [0.25, 0.3) is 0 Å². The van der Waals surface area contributed by atoms with E-state index in [2.05, 4.69) is 0 Å². The van der Waals surface area contributed by atoms with Crippen LogP contribution in [0.1, 0.15) is 12.8 Å². The van der Waals surface area contributed by atoms with Crippen molar-refractivity contribution in [2.24, 2.45) is 11.7 Å². The first-order valence-electron chi connectivity index (χ1n) is 4.92. The summed E-state index contributed by atoms with van der Waals surface area (Å²) in [6, 6.07) is 0. The Balaban J connectivity index is 2.02. The fourth-order valence-electron chi connectivity index (χ4n) is 1.63. The van der Waals surface area contributed by atoms with Gasteiger partial charge in [-0.2, -0.15) is 4.31 Å². The van der Waals surface area contributed by atoms with Crippen molar-refractivity contribution in [3.05, 3.63) is 0 Å². The van der Waals surface area contributed by atoms with Gasteiger partial charge in [0.1, 0.15) is 0 Å². The molecule has 6 heteroatoms. The van der Waals surface area contributed by atoms with Crippen molar-refractivity contribution >= 4 is 10.0 Å². The molecule has 1 aliphatic heterocycles. The molecule has 1 heterocycles. The van der Waals surface area contributed by atoms with Crippen LogP contribution in [0.15, 0.2) is 0 Å². The quantitative estimate of drug-likeness (QED) is 0.685. The van der Waals surface area contributed by atoms with E-state index in [1.165, 1.54) is 4.31 Å². The molecule has 0 radical (unpaired) electrons. The van der Waals surface area contributed by atoms with Crippen LogP contribution in [-0.4, -0.2) is 44.4 Å². The molecule has 2 N–H and O–H groups in total. The predicted octanol–water partition coefficient (Wildman–Crippen LogP) is -0.657. The van der Waals surface area contributed by atoms with Gasteiger partial charge in [0.05, 0.1) is 25.1 Å². The van der Waals surface area contributed by atoms with Crippen molar-refractivity contribution in [1.82, 2.24) is 4.31 Å². The number of ether oxygens (including phenoxy) is 1. The zero-order valence-electron chi connectivity index (χ0n) is 8.05. The Morgan fingerprint density at radius 1 is 1.43 bits per heavy atom. The second kappa shape index (κ2) is 3.77. The van der Waals surface area contributed by atoms with Gasteiger partial charge in [-0.1, -0.05) is 0 Å². The third kappa shape index (κ3) is 2.25. The van der Waals surface area contributed by atoms with E-state index in [1.54, 1.807) is 0 Å². The van der Waals surface area contributed by atoms with Crippen LogP contribution in [0.5, 0.6) is 0 Å². The Labute approximate surface area is 84.3 Å². The highest BCUT2D eigenvalue weighted by Gasteiger charge is 2.35. The summed E-state index contributed by atoms with van der Waals surface area (Å²) in [5, 5.41) is 0. The molecule has 1 unspecified atom stereocenters. The molecule has 1 aliphatic carbocycles. The van der Waals surface area contributed by atoms with Gasteiger partial charge >= 0.3 is 0 Å². The van der Waals surface area contributed by atoms with Crippen LogP contribution in [-0.2, 0) is 14.8 Å². The van der Waals surface area contributed by atoms with Gasteiger partial charge in [-0.15, -0.1) is 0 Å². The molecule has 2 aliphatic rings. The highest BCUT2D eigenvalue weighted by molar-refractivity contribution is 7.89. The molecule has 0 aromatic carbocycles. The Hall–Kier alpha value is -0.170. The largest absolute Gasteiger partial charge is 0.377 e. The maximum atomic E-state index is 11.8. The standard InChI is InChI=1S/C8H16N2O3S/c9-8-5-13-4-3-10(8)14(11,12)6-7-1-2-7/h7-8H,1-6,9H2. The highest BCUT2D eigenvalue weighted by Crippen LogP contribution is 2.31. The molecule has 0 aromatic heterocycles. The summed E-state index contributed by atoms with van der Waals surface area (Å²) in [6.45, 7) is 1.16. The van der Waals surface area contributed by atoms with E-state index < -0.39 is 16.2 Å². The molecular formula is C8H16N2O3S. The predicted molar refractivity (Wildman–Crippen MR) is 52.0 cm³/mol. The van der Waals surface area contributed by atoms with E-state index >= 15 is 0 Å². The molecule has 1 saturated carbocycles. The number of hydrogen-bond donors (Lipinski definition) is 1. The van der Waals surface area contributed by atoms with Crippen molar-refractivity contribution < 1.29 is 13.2 Å². The van der Waals surface area contributed by atoms with E-state index in [-0.39, 0.29) is 5.75 Å². The van der Waals surface area contributed by atoms with E-state index in [0.29, 0.717) is 25.7 Å². The average Bonchev–Trinajstić information content (AvgIpc) is 2.88. The Kier molecular flexibility index (Phi) is 2.79. The summed E-state index contributed by atoms with van der Waals surface area (Å²) in [4.78, 5) is 0. The second-order valence-electron chi connectivity index (χ2n) is 3.97. The van der Waals surface area contributed by atoms with Gasteiger partial charge in [0.15, 0.2) is 0 Å². The topological polar surface area (TPSA) is 72.6 Å². The Bertz CT molecular complexity index is 300. The number of rotatable bonds is 3. The lowest BCUT2D eigenvalue weighted by atomic mass is 10.4. The van der Waals surface area contributed by atoms with E-state index in [4.69, 9.17) is 10.5 Å². The summed E-state index contributed by atoms with van der Waals surface area (Å²) in [5.41, 5.74) is 5.68. The molecule has 0 aromatic rings. The van der Waals surface area contributed by atoms with Crippen LogP contribution in [0.4, 0.5) is 0 Å². The molecule has 14 heavy (non-hydrogen) atoms.